The highest BCUT2D eigenvalue weighted by Crippen LogP contribution is 2.28. The second-order valence-corrected chi connectivity index (χ2v) is 8.78. The lowest BCUT2D eigenvalue weighted by molar-refractivity contribution is 0.0337. The first kappa shape index (κ1) is 23.3. The highest BCUT2D eigenvalue weighted by molar-refractivity contribution is 5.85. The summed E-state index contributed by atoms with van der Waals surface area (Å²) in [5, 5.41) is 14.0. The molecule has 0 N–H and O–H groups in total. The number of rotatable bonds is 7. The van der Waals surface area contributed by atoms with Crippen LogP contribution < -0.4 is 9.47 Å². The number of hydrogen-bond donors (Lipinski definition) is 0. The average molecular weight is 501 g/mol. The van der Waals surface area contributed by atoms with E-state index in [4.69, 9.17) is 14.2 Å². The van der Waals surface area contributed by atoms with E-state index in [1.165, 1.54) is 6.07 Å². The molecule has 1 aliphatic heterocycles. The third-order valence-corrected chi connectivity index (χ3v) is 6.44. The number of pyridine rings is 1. The van der Waals surface area contributed by atoms with Crippen molar-refractivity contribution in [3.63, 3.8) is 0 Å². The Morgan fingerprint density at radius 3 is 2.73 bits per heavy atom. The van der Waals surface area contributed by atoms with Gasteiger partial charge in [-0.1, -0.05) is 12.1 Å². The first-order valence-electron chi connectivity index (χ1n) is 12.0. The molecule has 4 heterocycles. The second kappa shape index (κ2) is 10.1. The van der Waals surface area contributed by atoms with Crippen LogP contribution in [0.4, 0.5) is 4.39 Å². The van der Waals surface area contributed by atoms with Gasteiger partial charge in [0.05, 0.1) is 31.5 Å². The number of halogens is 1. The number of fused-ring (bicyclic) bond motifs is 2. The maximum Gasteiger partial charge on any atom is 0.192 e. The fraction of sp³-hybridized carbons (Fsp3) is 0.259. The Morgan fingerprint density at radius 1 is 1.00 bits per heavy atom. The lowest BCUT2D eigenvalue weighted by atomic mass is 10.1. The van der Waals surface area contributed by atoms with Gasteiger partial charge >= 0.3 is 0 Å². The molecule has 1 saturated heterocycles. The highest BCUT2D eigenvalue weighted by atomic mass is 19.1. The summed E-state index contributed by atoms with van der Waals surface area (Å²) in [5.41, 5.74) is 3.30. The predicted molar refractivity (Wildman–Crippen MR) is 135 cm³/mol. The molecule has 5 aromatic rings. The number of aromatic nitrogens is 5. The molecule has 0 saturated carbocycles. The van der Waals surface area contributed by atoms with Crippen LogP contribution in [-0.4, -0.2) is 63.1 Å². The second-order valence-electron chi connectivity index (χ2n) is 8.78. The van der Waals surface area contributed by atoms with E-state index < -0.39 is 0 Å². The Hall–Kier alpha value is -4.15. The van der Waals surface area contributed by atoms with E-state index in [0.717, 1.165) is 29.7 Å². The molecule has 2 aromatic carbocycles. The molecule has 0 radical (unpaired) electrons. The van der Waals surface area contributed by atoms with E-state index in [0.29, 0.717) is 53.8 Å². The zero-order valence-corrected chi connectivity index (χ0v) is 20.3. The van der Waals surface area contributed by atoms with Crippen molar-refractivity contribution in [2.24, 2.45) is 0 Å². The molecule has 0 unspecified atom stereocenters. The largest absolute Gasteiger partial charge is 0.497 e. The molecule has 0 aliphatic carbocycles. The zero-order chi connectivity index (χ0) is 25.2. The monoisotopic (exact) mass is 500 g/mol. The van der Waals surface area contributed by atoms with Crippen LogP contribution in [0, 0.1) is 5.82 Å². The van der Waals surface area contributed by atoms with E-state index in [2.05, 4.69) is 25.2 Å². The van der Waals surface area contributed by atoms with E-state index in [1.807, 2.05) is 42.5 Å². The topological polar surface area (TPSA) is 86.9 Å². The molecule has 0 amide bonds. The molecule has 9 nitrogen and oxygen atoms in total. The number of hydrogen-bond acceptors (Lipinski definition) is 8. The Balaban J connectivity index is 1.23. The Kier molecular flexibility index (Phi) is 6.33. The smallest absolute Gasteiger partial charge is 0.192 e. The normalized spacial score (nSPS) is 14.3. The number of methoxy groups -OCH3 is 1. The zero-order valence-electron chi connectivity index (χ0n) is 20.3. The molecule has 1 aliphatic rings. The van der Waals surface area contributed by atoms with Gasteiger partial charge in [0.15, 0.2) is 11.5 Å². The fourth-order valence-electron chi connectivity index (χ4n) is 4.41. The van der Waals surface area contributed by atoms with Gasteiger partial charge in [-0.2, -0.15) is 9.61 Å². The van der Waals surface area contributed by atoms with E-state index >= 15 is 0 Å². The summed E-state index contributed by atoms with van der Waals surface area (Å²) in [5.74, 6) is 1.67. The van der Waals surface area contributed by atoms with Gasteiger partial charge in [0.1, 0.15) is 23.9 Å². The standard InChI is InChI=1S/C27H25FN6O3/c1-35-20-4-5-21-24(15-20)29-9-8-25(21)37-17-27-31-30-26-7-6-23(32-34(26)27)18-2-3-19(22(28)14-18)16-33-10-12-36-13-11-33/h2-9,14-15H,10-13,16-17H2,1H3. The molecule has 1 fully saturated rings. The molecular weight excluding hydrogens is 475 g/mol. The van der Waals surface area contributed by atoms with Crippen LogP contribution in [0.15, 0.2) is 60.8 Å². The fourth-order valence-corrected chi connectivity index (χ4v) is 4.41. The van der Waals surface area contributed by atoms with Gasteiger partial charge in [-0.15, -0.1) is 10.2 Å². The van der Waals surface area contributed by atoms with Crippen molar-refractivity contribution in [1.29, 1.82) is 0 Å². The highest BCUT2D eigenvalue weighted by Gasteiger charge is 2.15. The Morgan fingerprint density at radius 2 is 1.89 bits per heavy atom. The summed E-state index contributed by atoms with van der Waals surface area (Å²) in [7, 11) is 1.62. The van der Waals surface area contributed by atoms with Crippen LogP contribution in [0.25, 0.3) is 27.8 Å². The number of ether oxygens (including phenoxy) is 3. The van der Waals surface area contributed by atoms with Gasteiger partial charge in [0, 0.05) is 48.4 Å². The van der Waals surface area contributed by atoms with E-state index in [-0.39, 0.29) is 12.4 Å². The van der Waals surface area contributed by atoms with Crippen molar-refractivity contribution < 1.29 is 18.6 Å². The molecular formula is C27H25FN6O3. The summed E-state index contributed by atoms with van der Waals surface area (Å²) >= 11 is 0. The summed E-state index contributed by atoms with van der Waals surface area (Å²) in [6.45, 7) is 3.69. The van der Waals surface area contributed by atoms with Crippen molar-refractivity contribution in [3.05, 3.63) is 78.0 Å². The minimum atomic E-state index is -0.251. The molecule has 0 bridgehead atoms. The van der Waals surface area contributed by atoms with Crippen LogP contribution in [0.3, 0.4) is 0 Å². The SMILES string of the molecule is COc1ccc2c(OCc3nnc4ccc(-c5ccc(CN6CCOCC6)c(F)c5)nn34)ccnc2c1. The van der Waals surface area contributed by atoms with E-state index in [9.17, 15) is 4.39 Å². The maximum absolute atomic E-state index is 15.0. The first-order valence-corrected chi connectivity index (χ1v) is 12.0. The number of morpholine rings is 1. The van der Waals surface area contributed by atoms with Gasteiger partial charge in [-0.25, -0.2) is 4.39 Å². The van der Waals surface area contributed by atoms with Gasteiger partial charge in [-0.05, 0) is 36.4 Å². The minimum absolute atomic E-state index is 0.148. The van der Waals surface area contributed by atoms with Crippen molar-refractivity contribution in [3.8, 4) is 22.8 Å². The quantitative estimate of drug-likeness (QED) is 0.333. The molecule has 3 aromatic heterocycles. The minimum Gasteiger partial charge on any atom is -0.497 e. The van der Waals surface area contributed by atoms with Gasteiger partial charge in [-0.3, -0.25) is 9.88 Å². The molecule has 37 heavy (non-hydrogen) atoms. The Bertz CT molecular complexity index is 1570. The van der Waals surface area contributed by atoms with E-state index in [1.54, 1.807) is 23.9 Å². The summed E-state index contributed by atoms with van der Waals surface area (Å²) < 4.78 is 33.3. The average Bonchev–Trinajstić information content (AvgIpc) is 3.35. The van der Waals surface area contributed by atoms with Crippen molar-refractivity contribution in [2.75, 3.05) is 33.4 Å². The molecule has 10 heteroatoms. The van der Waals surface area contributed by atoms with Crippen LogP contribution in [0.2, 0.25) is 0 Å². The van der Waals surface area contributed by atoms with Crippen LogP contribution in [0.1, 0.15) is 11.4 Å². The molecule has 6 rings (SSSR count). The van der Waals surface area contributed by atoms with Crippen molar-refractivity contribution in [2.45, 2.75) is 13.2 Å². The molecule has 0 atom stereocenters. The van der Waals surface area contributed by atoms with Gasteiger partial charge < -0.3 is 14.2 Å². The van der Waals surface area contributed by atoms with Crippen LogP contribution in [-0.2, 0) is 17.9 Å². The molecule has 0 spiro atoms. The van der Waals surface area contributed by atoms with Crippen molar-refractivity contribution >= 4 is 16.6 Å². The van der Waals surface area contributed by atoms with Crippen LogP contribution >= 0.6 is 0 Å². The van der Waals surface area contributed by atoms with Gasteiger partial charge in [0.25, 0.3) is 0 Å². The lowest BCUT2D eigenvalue weighted by Crippen LogP contribution is -2.35. The summed E-state index contributed by atoms with van der Waals surface area (Å²) in [4.78, 5) is 6.58. The predicted octanol–water partition coefficient (Wildman–Crippen LogP) is 3.90. The first-order chi connectivity index (χ1) is 18.2. The third-order valence-electron chi connectivity index (χ3n) is 6.44. The lowest BCUT2D eigenvalue weighted by Gasteiger charge is -2.26. The number of benzene rings is 2. The third kappa shape index (κ3) is 4.81. The van der Waals surface area contributed by atoms with Crippen LogP contribution in [0.5, 0.6) is 11.5 Å². The van der Waals surface area contributed by atoms with Gasteiger partial charge in [0.2, 0.25) is 0 Å². The summed E-state index contributed by atoms with van der Waals surface area (Å²) in [6.07, 6.45) is 1.69. The Labute approximate surface area is 212 Å². The maximum atomic E-state index is 15.0. The number of nitrogens with zero attached hydrogens (tertiary/aromatic N) is 6. The van der Waals surface area contributed by atoms with Crippen molar-refractivity contribution in [1.82, 2.24) is 29.7 Å². The molecule has 188 valence electrons. The summed E-state index contributed by atoms with van der Waals surface area (Å²) in [6, 6.07) is 16.3.